The number of carbonyl (C=O) groups excluding carboxylic acids is 8. The number of nitrogens with one attached hydrogen (secondary N) is 4. The molecule has 0 aliphatic heterocycles. The highest BCUT2D eigenvalue weighted by molar-refractivity contribution is 6.89. The topological polar surface area (TPSA) is 231 Å². The summed E-state index contributed by atoms with van der Waals surface area (Å²) < 4.78 is 28.9. The maximum Gasteiger partial charge on any atom is 0.362 e. The van der Waals surface area contributed by atoms with Crippen LogP contribution in [-0.4, -0.2) is 187 Å². The van der Waals surface area contributed by atoms with Gasteiger partial charge in [-0.1, -0.05) is 44.3 Å². The van der Waals surface area contributed by atoms with Crippen molar-refractivity contribution in [3.8, 4) is 0 Å². The van der Waals surface area contributed by atoms with E-state index >= 15 is 0 Å². The van der Waals surface area contributed by atoms with Crippen molar-refractivity contribution in [1.29, 1.82) is 0 Å². The molecule has 4 atom stereocenters. The van der Waals surface area contributed by atoms with Crippen LogP contribution in [0.4, 0.5) is 0 Å². The minimum absolute atomic E-state index is 0. The highest BCUT2D eigenvalue weighted by Gasteiger charge is 2.43. The highest BCUT2D eigenvalue weighted by atomic mass is 35.5. The summed E-state index contributed by atoms with van der Waals surface area (Å²) in [7, 11) is 5.32. The first-order chi connectivity index (χ1) is 34.8. The molecule has 23 heteroatoms. The summed E-state index contributed by atoms with van der Waals surface area (Å²) in [6, 6.07) is -0.307. The molecule has 0 saturated heterocycles. The quantitative estimate of drug-likeness (QED) is 0.0147. The molecule has 4 unspecified atom stereocenters. The number of esters is 4. The monoisotopic (exact) mass is 1170 g/mol. The van der Waals surface area contributed by atoms with Crippen LogP contribution in [-0.2, 0) is 61.4 Å². The van der Waals surface area contributed by atoms with E-state index in [4.69, 9.17) is 23.1 Å². The van der Waals surface area contributed by atoms with Crippen molar-refractivity contribution in [2.24, 2.45) is 22.7 Å². The van der Waals surface area contributed by atoms with Crippen LogP contribution in [0.2, 0.25) is 26.2 Å². The van der Waals surface area contributed by atoms with Crippen LogP contribution in [0.15, 0.2) is 23.6 Å². The molecule has 0 radical (unpaired) electrons. The molecular formula is C54H100Cl2N6O13Si2. The Labute approximate surface area is 476 Å². The smallest absolute Gasteiger partial charge is 0.362 e. The van der Waals surface area contributed by atoms with Gasteiger partial charge in [-0.05, 0) is 103 Å². The molecule has 0 aromatic heterocycles. The number of likely N-dealkylation sites (N-methyl/N-ethyl adjacent to an activating group) is 2. The largest absolute Gasteiger partial charge is 1.00 e. The maximum absolute atomic E-state index is 13.8. The van der Waals surface area contributed by atoms with E-state index in [0.29, 0.717) is 47.9 Å². The molecule has 1 aliphatic rings. The maximum atomic E-state index is 13.8. The number of rotatable bonds is 37. The van der Waals surface area contributed by atoms with Gasteiger partial charge in [-0.2, -0.15) is 0 Å². The van der Waals surface area contributed by atoms with Gasteiger partial charge >= 0.3 is 23.9 Å². The van der Waals surface area contributed by atoms with Crippen LogP contribution in [0, 0.1) is 22.7 Å². The molecule has 0 aromatic rings. The fourth-order valence-corrected chi connectivity index (χ4v) is 17.3. The Bertz CT molecular complexity index is 1940. The summed E-state index contributed by atoms with van der Waals surface area (Å²) >= 11 is 0. The summed E-state index contributed by atoms with van der Waals surface area (Å²) in [6.07, 6.45) is 7.98. The summed E-state index contributed by atoms with van der Waals surface area (Å²) in [5.41, 5.74) is 3.39. The van der Waals surface area contributed by atoms with E-state index in [1.54, 1.807) is 13.8 Å². The van der Waals surface area contributed by atoms with Crippen LogP contribution < -0.4 is 46.1 Å². The Balaban J connectivity index is 0. The molecule has 0 bridgehead atoms. The number of ether oxygens (including phenoxy) is 4. The van der Waals surface area contributed by atoms with Gasteiger partial charge in [-0.15, -0.1) is 0 Å². The second-order valence-corrected chi connectivity index (χ2v) is 31.8. The van der Waals surface area contributed by atoms with Gasteiger partial charge in [0.25, 0.3) is 0 Å². The number of Topliss-reactive ketones (excluding diaryl/α,β-unsaturated/α-hetero) is 1. The van der Waals surface area contributed by atoms with Crippen molar-refractivity contribution < 1.29 is 95.2 Å². The first-order valence-corrected chi connectivity index (χ1v) is 33.1. The molecule has 3 amide bonds. The number of halogens is 2. The number of carbonyl (C=O) groups is 8. The Morgan fingerprint density at radius 3 is 1.71 bits per heavy atom. The van der Waals surface area contributed by atoms with Gasteiger partial charge in [-0.25, -0.2) is 9.59 Å². The molecular weight excluding hydrogens is 1070 g/mol. The molecule has 1 fully saturated rings. The molecule has 0 spiro atoms. The molecule has 77 heavy (non-hydrogen) atoms. The summed E-state index contributed by atoms with van der Waals surface area (Å²) in [5, 5.41) is 12.2. The van der Waals surface area contributed by atoms with Gasteiger partial charge in [-0.3, -0.25) is 24.0 Å². The van der Waals surface area contributed by atoms with E-state index in [1.807, 2.05) is 65.7 Å². The second kappa shape index (κ2) is 36.5. The molecule has 4 N–H and O–H groups in total. The number of hydrogen-bond acceptors (Lipinski definition) is 14. The minimum Gasteiger partial charge on any atom is -1.00 e. The third-order valence-corrected chi connectivity index (χ3v) is 19.3. The van der Waals surface area contributed by atoms with E-state index in [-0.39, 0.29) is 144 Å². The standard InChI is InChI=1S/C54H98N6O13Si2.2ClH/c1-16-69-47(63)35-43(26-25-42(3)61)50(66)57-41-54(6)37-44(36-53(4,5)40-54)58-51(67)45(52(68)70-17-2)23-18-24-46(62)56-28-20-30-60(10,11)39-49(65)72-32-22-34-75(14,15)73-74(12,13)33-21-31-71-48(64)38-59(8,9)29-19-27-55-7;;/h21-22,33-34,43-45,55H,16-20,23-32,35-41H2,1-15H3,(H-2,56,57,58,62,66,67);2*1H/b33-21+,34-22+;;. The van der Waals surface area contributed by atoms with Crippen molar-refractivity contribution in [1.82, 2.24) is 21.3 Å². The summed E-state index contributed by atoms with van der Waals surface area (Å²) in [5.74, 6) is -4.62. The number of ketones is 1. The van der Waals surface area contributed by atoms with Gasteiger partial charge in [0, 0.05) is 57.3 Å². The van der Waals surface area contributed by atoms with Gasteiger partial charge < -0.3 is 82.9 Å². The summed E-state index contributed by atoms with van der Waals surface area (Å²) in [4.78, 5) is 102. The first-order valence-electron chi connectivity index (χ1n) is 27.1. The fourth-order valence-electron chi connectivity index (χ4n) is 9.95. The van der Waals surface area contributed by atoms with Crippen molar-refractivity contribution in [3.63, 3.8) is 0 Å². The molecule has 0 heterocycles. The lowest BCUT2D eigenvalue weighted by Gasteiger charge is -2.47. The Morgan fingerprint density at radius 2 is 1.21 bits per heavy atom. The third-order valence-electron chi connectivity index (χ3n) is 13.0. The molecule has 19 nitrogen and oxygen atoms in total. The fraction of sp³-hybridized carbons (Fsp3) is 0.778. The SMILES string of the molecule is CCOC(=O)CC(CCC(C)=O)C(=O)NCC1(C)CC(NC(=O)C(CCCC(=O)NCCC[N+](C)(C)CC(=O)OC/C=C/[Si](C)(C)O[Si](C)(C)/C=C/COC(=O)C[N+](C)(C)CCCNC)C(=O)OCC)CC(C)(C)C1.[Cl-].[Cl-]. The first kappa shape index (κ1) is 75.4. The van der Waals surface area contributed by atoms with Gasteiger partial charge in [0.1, 0.15) is 24.9 Å². The van der Waals surface area contributed by atoms with Crippen LogP contribution >= 0.6 is 0 Å². The Morgan fingerprint density at radius 1 is 0.675 bits per heavy atom. The van der Waals surface area contributed by atoms with Crippen molar-refractivity contribution in [2.75, 3.05) is 107 Å². The van der Waals surface area contributed by atoms with E-state index in [9.17, 15) is 38.4 Å². The molecule has 1 saturated carbocycles. The van der Waals surface area contributed by atoms with Crippen LogP contribution in [0.25, 0.3) is 0 Å². The number of nitrogens with zero attached hydrogens (tertiary/aromatic N) is 2. The lowest BCUT2D eigenvalue weighted by Crippen LogP contribution is -3.00. The number of amides is 3. The highest BCUT2D eigenvalue weighted by Crippen LogP contribution is 2.46. The zero-order valence-electron chi connectivity index (χ0n) is 49.6. The van der Waals surface area contributed by atoms with Gasteiger partial charge in [0.15, 0.2) is 29.7 Å². The van der Waals surface area contributed by atoms with Crippen molar-refractivity contribution >= 4 is 64.0 Å². The van der Waals surface area contributed by atoms with Crippen LogP contribution in [0.3, 0.4) is 0 Å². The van der Waals surface area contributed by atoms with Gasteiger partial charge in [0.05, 0.1) is 60.9 Å². The third kappa shape index (κ3) is 34.8. The van der Waals surface area contributed by atoms with E-state index in [1.165, 1.54) is 6.92 Å². The molecule has 1 aliphatic carbocycles. The Kier molecular flexibility index (Phi) is 35.8. The lowest BCUT2D eigenvalue weighted by molar-refractivity contribution is -0.883. The van der Waals surface area contributed by atoms with E-state index in [0.717, 1.165) is 25.9 Å². The van der Waals surface area contributed by atoms with Gasteiger partial charge in [0.2, 0.25) is 17.7 Å². The van der Waals surface area contributed by atoms with E-state index < -0.39 is 51.7 Å². The normalized spacial score (nSPS) is 17.5. The molecule has 446 valence electrons. The lowest BCUT2D eigenvalue weighted by atomic mass is 9.62. The predicted molar refractivity (Wildman–Crippen MR) is 295 cm³/mol. The molecule has 1 rings (SSSR count). The minimum atomic E-state index is -2.26. The molecule has 0 aromatic carbocycles. The number of hydrogen-bond donors (Lipinski definition) is 4. The second-order valence-electron chi connectivity index (χ2n) is 23.9. The van der Waals surface area contributed by atoms with E-state index in [2.05, 4.69) is 61.3 Å². The zero-order valence-corrected chi connectivity index (χ0v) is 53.1. The average molecular weight is 1170 g/mol. The average Bonchev–Trinajstić information content (AvgIpc) is 3.26. The number of quaternary nitrogens is 2. The zero-order chi connectivity index (χ0) is 57.1. The van der Waals surface area contributed by atoms with Crippen molar-refractivity contribution in [2.45, 2.75) is 144 Å². The summed E-state index contributed by atoms with van der Waals surface area (Å²) in [6.45, 7) is 23.5. The predicted octanol–water partition coefficient (Wildman–Crippen LogP) is -0.927. The van der Waals surface area contributed by atoms with Crippen LogP contribution in [0.5, 0.6) is 0 Å². The van der Waals surface area contributed by atoms with Crippen molar-refractivity contribution in [3.05, 3.63) is 23.6 Å². The van der Waals surface area contributed by atoms with Crippen LogP contribution in [0.1, 0.15) is 112 Å². The Hall–Kier alpha value is -3.71.